The first kappa shape index (κ1) is 15.0. The average molecular weight is 301 g/mol. The summed E-state index contributed by atoms with van der Waals surface area (Å²) in [5, 5.41) is 18.4. The molecule has 1 aromatic carbocycles. The minimum atomic E-state index is -0.366. The second-order valence-corrected chi connectivity index (χ2v) is 5.94. The smallest absolute Gasteiger partial charge is 0.235 e. The third kappa shape index (κ3) is 3.47. The van der Waals surface area contributed by atoms with Crippen molar-refractivity contribution in [3.63, 3.8) is 0 Å². The van der Waals surface area contributed by atoms with E-state index in [4.69, 9.17) is 4.42 Å². The van der Waals surface area contributed by atoms with Crippen molar-refractivity contribution >= 4 is 5.69 Å². The third-order valence-corrected chi connectivity index (χ3v) is 4.29. The maximum Gasteiger partial charge on any atom is 0.235 e. The molecule has 3 rings (SSSR count). The molecule has 0 unspecified atom stereocenters. The highest BCUT2D eigenvalue weighted by atomic mass is 16.4. The highest BCUT2D eigenvalue weighted by Gasteiger charge is 2.25. The molecule has 118 valence electrons. The molecule has 0 radical (unpaired) electrons. The van der Waals surface area contributed by atoms with E-state index in [1.54, 1.807) is 0 Å². The van der Waals surface area contributed by atoms with Gasteiger partial charge in [0.1, 0.15) is 0 Å². The number of aromatic nitrogens is 2. The molecule has 2 aromatic rings. The van der Waals surface area contributed by atoms with Gasteiger partial charge in [0, 0.05) is 18.2 Å². The molecule has 0 amide bonds. The molecule has 0 spiro atoms. The predicted molar refractivity (Wildman–Crippen MR) is 84.7 cm³/mol. The van der Waals surface area contributed by atoms with Crippen molar-refractivity contribution in [3.05, 3.63) is 42.1 Å². The maximum absolute atomic E-state index is 10.00. The van der Waals surface area contributed by atoms with Crippen molar-refractivity contribution in [1.29, 1.82) is 0 Å². The summed E-state index contributed by atoms with van der Waals surface area (Å²) in [6, 6.07) is 10.0. The number of aliphatic hydroxyl groups excluding tert-OH is 1. The second-order valence-electron chi connectivity index (χ2n) is 5.94. The number of aliphatic hydroxyl groups is 1. The lowest BCUT2D eigenvalue weighted by Gasteiger charge is -2.25. The van der Waals surface area contributed by atoms with Gasteiger partial charge in [0.15, 0.2) is 0 Å². The summed E-state index contributed by atoms with van der Waals surface area (Å²) < 4.78 is 5.81. The van der Waals surface area contributed by atoms with Gasteiger partial charge in [0.2, 0.25) is 11.8 Å². The van der Waals surface area contributed by atoms with Crippen LogP contribution in [0.15, 0.2) is 34.7 Å². The van der Waals surface area contributed by atoms with E-state index in [0.29, 0.717) is 24.9 Å². The summed E-state index contributed by atoms with van der Waals surface area (Å²) in [6.07, 6.45) is 3.91. The van der Waals surface area contributed by atoms with Crippen molar-refractivity contribution in [3.8, 4) is 0 Å². The third-order valence-electron chi connectivity index (χ3n) is 4.29. The first-order valence-electron chi connectivity index (χ1n) is 8.06. The number of para-hydroxylation sites is 1. The van der Waals surface area contributed by atoms with Gasteiger partial charge < -0.3 is 14.4 Å². The van der Waals surface area contributed by atoms with Gasteiger partial charge in [-0.05, 0) is 31.4 Å². The molecular formula is C17H23N3O2. The standard InChI is InChI=1S/C17H23N3O2/c1-2-15(21)11-20(14-9-4-3-5-10-14)12-16-18-19-17(22-16)13-7-6-8-13/h3-5,9-10,13,15,21H,2,6-8,11-12H2,1H3/t15-/m0/s1. The summed E-state index contributed by atoms with van der Waals surface area (Å²) in [5.41, 5.74) is 1.05. The Labute approximate surface area is 131 Å². The van der Waals surface area contributed by atoms with Crippen LogP contribution in [-0.4, -0.2) is 28.0 Å². The van der Waals surface area contributed by atoms with Crippen LogP contribution in [-0.2, 0) is 6.54 Å². The Morgan fingerprint density at radius 2 is 2.05 bits per heavy atom. The topological polar surface area (TPSA) is 62.4 Å². The SMILES string of the molecule is CC[C@H](O)CN(Cc1nnc(C2CCC2)o1)c1ccccc1. The van der Waals surface area contributed by atoms with Crippen LogP contribution >= 0.6 is 0 Å². The molecule has 1 N–H and O–H groups in total. The number of hydrogen-bond acceptors (Lipinski definition) is 5. The lowest BCUT2D eigenvalue weighted by Crippen LogP contribution is -2.31. The monoisotopic (exact) mass is 301 g/mol. The van der Waals surface area contributed by atoms with E-state index in [1.165, 1.54) is 6.42 Å². The van der Waals surface area contributed by atoms with Gasteiger partial charge in [-0.1, -0.05) is 31.5 Å². The summed E-state index contributed by atoms with van der Waals surface area (Å²) in [4.78, 5) is 2.09. The quantitative estimate of drug-likeness (QED) is 0.851. The van der Waals surface area contributed by atoms with Crippen LogP contribution in [0.2, 0.25) is 0 Å². The van der Waals surface area contributed by atoms with Gasteiger partial charge in [0.25, 0.3) is 0 Å². The van der Waals surface area contributed by atoms with Crippen molar-refractivity contribution in [2.24, 2.45) is 0 Å². The van der Waals surface area contributed by atoms with Gasteiger partial charge in [0.05, 0.1) is 12.6 Å². The van der Waals surface area contributed by atoms with E-state index in [1.807, 2.05) is 37.3 Å². The molecule has 1 fully saturated rings. The summed E-state index contributed by atoms with van der Waals surface area (Å²) >= 11 is 0. The Balaban J connectivity index is 1.72. The van der Waals surface area contributed by atoms with Gasteiger partial charge in [-0.2, -0.15) is 0 Å². The number of rotatable bonds is 7. The highest BCUT2D eigenvalue weighted by Crippen LogP contribution is 2.35. The zero-order chi connectivity index (χ0) is 15.4. The molecule has 0 saturated heterocycles. The van der Waals surface area contributed by atoms with E-state index in [-0.39, 0.29) is 6.10 Å². The van der Waals surface area contributed by atoms with Gasteiger partial charge >= 0.3 is 0 Å². The number of nitrogens with zero attached hydrogens (tertiary/aromatic N) is 3. The Hall–Kier alpha value is -1.88. The fourth-order valence-corrected chi connectivity index (χ4v) is 2.60. The molecule has 5 nitrogen and oxygen atoms in total. The Morgan fingerprint density at radius 3 is 2.68 bits per heavy atom. The van der Waals surface area contributed by atoms with E-state index in [9.17, 15) is 5.11 Å². The zero-order valence-electron chi connectivity index (χ0n) is 13.0. The lowest BCUT2D eigenvalue weighted by atomic mass is 9.85. The minimum Gasteiger partial charge on any atom is -0.423 e. The van der Waals surface area contributed by atoms with Gasteiger partial charge in [-0.3, -0.25) is 0 Å². The molecule has 0 bridgehead atoms. The number of benzene rings is 1. The van der Waals surface area contributed by atoms with Crippen molar-refractivity contribution in [1.82, 2.24) is 10.2 Å². The fraction of sp³-hybridized carbons (Fsp3) is 0.529. The zero-order valence-corrected chi connectivity index (χ0v) is 13.0. The summed E-state index contributed by atoms with van der Waals surface area (Å²) in [6.45, 7) is 3.07. The largest absolute Gasteiger partial charge is 0.423 e. The second kappa shape index (κ2) is 6.92. The van der Waals surface area contributed by atoms with E-state index in [0.717, 1.165) is 30.8 Å². The maximum atomic E-state index is 10.00. The first-order valence-corrected chi connectivity index (χ1v) is 8.06. The molecule has 1 aliphatic rings. The molecular weight excluding hydrogens is 278 g/mol. The van der Waals surface area contributed by atoms with Crippen molar-refractivity contribution < 1.29 is 9.52 Å². The fourth-order valence-electron chi connectivity index (χ4n) is 2.60. The molecule has 1 heterocycles. The van der Waals surface area contributed by atoms with Crippen LogP contribution in [0.25, 0.3) is 0 Å². The molecule has 1 aliphatic carbocycles. The van der Waals surface area contributed by atoms with Gasteiger partial charge in [-0.25, -0.2) is 0 Å². The summed E-state index contributed by atoms with van der Waals surface area (Å²) in [7, 11) is 0. The Morgan fingerprint density at radius 1 is 1.27 bits per heavy atom. The van der Waals surface area contributed by atoms with Crippen LogP contribution in [0.1, 0.15) is 50.3 Å². The molecule has 1 aromatic heterocycles. The number of anilines is 1. The highest BCUT2D eigenvalue weighted by molar-refractivity contribution is 5.46. The van der Waals surface area contributed by atoms with Crippen LogP contribution in [0, 0.1) is 0 Å². The van der Waals surface area contributed by atoms with Crippen LogP contribution in [0.5, 0.6) is 0 Å². The lowest BCUT2D eigenvalue weighted by molar-refractivity contribution is 0.174. The van der Waals surface area contributed by atoms with Crippen molar-refractivity contribution in [2.45, 2.75) is 51.2 Å². The van der Waals surface area contributed by atoms with Crippen LogP contribution in [0.4, 0.5) is 5.69 Å². The van der Waals surface area contributed by atoms with E-state index in [2.05, 4.69) is 15.1 Å². The molecule has 1 atom stereocenters. The predicted octanol–water partition coefficient (Wildman–Crippen LogP) is 3.11. The minimum absolute atomic E-state index is 0.366. The van der Waals surface area contributed by atoms with Crippen LogP contribution in [0.3, 0.4) is 0 Å². The van der Waals surface area contributed by atoms with E-state index >= 15 is 0 Å². The van der Waals surface area contributed by atoms with Crippen molar-refractivity contribution in [2.75, 3.05) is 11.4 Å². The Kier molecular flexibility index (Phi) is 4.73. The normalized spacial score (nSPS) is 16.3. The summed E-state index contributed by atoms with van der Waals surface area (Å²) in [5.74, 6) is 1.84. The van der Waals surface area contributed by atoms with Gasteiger partial charge in [-0.15, -0.1) is 10.2 Å². The average Bonchev–Trinajstić information content (AvgIpc) is 2.93. The first-order chi connectivity index (χ1) is 10.8. The molecule has 22 heavy (non-hydrogen) atoms. The number of hydrogen-bond donors (Lipinski definition) is 1. The van der Waals surface area contributed by atoms with E-state index < -0.39 is 0 Å². The van der Waals surface area contributed by atoms with Crippen LogP contribution < -0.4 is 4.90 Å². The molecule has 5 heteroatoms. The molecule has 1 saturated carbocycles. The Bertz CT molecular complexity index is 581. The molecule has 0 aliphatic heterocycles.